The van der Waals surface area contributed by atoms with E-state index in [1.54, 1.807) is 0 Å². The SMILES string of the molecule is CC(C)NC(=O)CCCC(N)=O. The fraction of sp³-hybridized carbons (Fsp3) is 0.750. The van der Waals surface area contributed by atoms with Gasteiger partial charge in [0.25, 0.3) is 0 Å². The molecule has 0 aromatic carbocycles. The largest absolute Gasteiger partial charge is 0.370 e. The Balaban J connectivity index is 3.38. The third-order valence-electron chi connectivity index (χ3n) is 1.28. The predicted molar refractivity (Wildman–Crippen MR) is 46.3 cm³/mol. The Bertz CT molecular complexity index is 166. The van der Waals surface area contributed by atoms with Crippen LogP contribution in [0.1, 0.15) is 33.1 Å². The summed E-state index contributed by atoms with van der Waals surface area (Å²) in [5.74, 6) is -0.376. The van der Waals surface area contributed by atoms with Gasteiger partial charge in [-0.25, -0.2) is 0 Å². The lowest BCUT2D eigenvalue weighted by atomic mass is 10.2. The van der Waals surface area contributed by atoms with E-state index >= 15 is 0 Å². The van der Waals surface area contributed by atoms with Gasteiger partial charge in [0.05, 0.1) is 0 Å². The van der Waals surface area contributed by atoms with Gasteiger partial charge < -0.3 is 11.1 Å². The summed E-state index contributed by atoms with van der Waals surface area (Å²) in [6.45, 7) is 3.79. The fourth-order valence-corrected chi connectivity index (χ4v) is 0.817. The average molecular weight is 172 g/mol. The Hall–Kier alpha value is -1.06. The Morgan fingerprint density at radius 3 is 2.33 bits per heavy atom. The quantitative estimate of drug-likeness (QED) is 0.620. The molecule has 12 heavy (non-hydrogen) atoms. The highest BCUT2D eigenvalue weighted by Crippen LogP contribution is 1.94. The molecule has 3 N–H and O–H groups in total. The molecule has 4 heteroatoms. The van der Waals surface area contributed by atoms with Crippen LogP contribution in [-0.4, -0.2) is 17.9 Å². The fourth-order valence-electron chi connectivity index (χ4n) is 0.817. The smallest absolute Gasteiger partial charge is 0.220 e. The van der Waals surface area contributed by atoms with Crippen LogP contribution in [0, 0.1) is 0 Å². The van der Waals surface area contributed by atoms with Gasteiger partial charge in [0.2, 0.25) is 11.8 Å². The third-order valence-corrected chi connectivity index (χ3v) is 1.28. The van der Waals surface area contributed by atoms with Crippen molar-refractivity contribution >= 4 is 11.8 Å². The number of nitrogens with one attached hydrogen (secondary N) is 1. The van der Waals surface area contributed by atoms with Gasteiger partial charge in [-0.05, 0) is 20.3 Å². The highest BCUT2D eigenvalue weighted by atomic mass is 16.2. The van der Waals surface area contributed by atoms with Gasteiger partial charge in [0.1, 0.15) is 0 Å². The summed E-state index contributed by atoms with van der Waals surface area (Å²) in [5.41, 5.74) is 4.91. The molecule has 0 rings (SSSR count). The molecule has 0 saturated carbocycles. The van der Waals surface area contributed by atoms with E-state index in [0.29, 0.717) is 12.8 Å². The minimum atomic E-state index is -0.354. The zero-order valence-corrected chi connectivity index (χ0v) is 7.59. The van der Waals surface area contributed by atoms with Gasteiger partial charge in [0, 0.05) is 18.9 Å². The second-order valence-electron chi connectivity index (χ2n) is 3.04. The molecule has 0 aliphatic rings. The van der Waals surface area contributed by atoms with Crippen molar-refractivity contribution in [1.82, 2.24) is 5.32 Å². The maximum atomic E-state index is 11.0. The Morgan fingerprint density at radius 1 is 1.33 bits per heavy atom. The van der Waals surface area contributed by atoms with E-state index in [0.717, 1.165) is 0 Å². The van der Waals surface area contributed by atoms with Crippen molar-refractivity contribution in [2.45, 2.75) is 39.2 Å². The summed E-state index contributed by atoms with van der Waals surface area (Å²) in [7, 11) is 0. The van der Waals surface area contributed by atoms with Crippen LogP contribution in [0.3, 0.4) is 0 Å². The van der Waals surface area contributed by atoms with Gasteiger partial charge in [0.15, 0.2) is 0 Å². The zero-order chi connectivity index (χ0) is 9.56. The Morgan fingerprint density at radius 2 is 1.92 bits per heavy atom. The number of rotatable bonds is 5. The van der Waals surface area contributed by atoms with Crippen LogP contribution in [0.5, 0.6) is 0 Å². The normalized spacial score (nSPS) is 9.92. The molecule has 0 heterocycles. The lowest BCUT2D eigenvalue weighted by molar-refractivity contribution is -0.122. The van der Waals surface area contributed by atoms with E-state index < -0.39 is 0 Å². The predicted octanol–water partition coefficient (Wildman–Crippen LogP) is 0.167. The number of carbonyl (C=O) groups is 2. The molecule has 0 radical (unpaired) electrons. The number of hydrogen-bond acceptors (Lipinski definition) is 2. The lowest BCUT2D eigenvalue weighted by Gasteiger charge is -2.06. The van der Waals surface area contributed by atoms with Crippen LogP contribution < -0.4 is 11.1 Å². The van der Waals surface area contributed by atoms with Crippen molar-refractivity contribution < 1.29 is 9.59 Å². The summed E-state index contributed by atoms with van der Waals surface area (Å²) in [4.78, 5) is 21.3. The van der Waals surface area contributed by atoms with Crippen molar-refractivity contribution in [2.75, 3.05) is 0 Å². The van der Waals surface area contributed by atoms with Gasteiger partial charge in [-0.3, -0.25) is 9.59 Å². The van der Waals surface area contributed by atoms with E-state index in [2.05, 4.69) is 5.32 Å². The molecule has 0 spiro atoms. The molecule has 0 bridgehead atoms. The van der Waals surface area contributed by atoms with Gasteiger partial charge in [-0.15, -0.1) is 0 Å². The monoisotopic (exact) mass is 172 g/mol. The molecule has 0 aromatic heterocycles. The first-order chi connectivity index (χ1) is 5.52. The topological polar surface area (TPSA) is 72.2 Å². The van der Waals surface area contributed by atoms with Crippen LogP contribution in [0.25, 0.3) is 0 Å². The van der Waals surface area contributed by atoms with Crippen molar-refractivity contribution in [1.29, 1.82) is 0 Å². The number of hydrogen-bond donors (Lipinski definition) is 2. The maximum Gasteiger partial charge on any atom is 0.220 e. The van der Waals surface area contributed by atoms with Gasteiger partial charge >= 0.3 is 0 Å². The summed E-state index contributed by atoms with van der Waals surface area (Å²) in [5, 5.41) is 2.73. The van der Waals surface area contributed by atoms with E-state index in [1.165, 1.54) is 0 Å². The van der Waals surface area contributed by atoms with Crippen LogP contribution in [0.15, 0.2) is 0 Å². The van der Waals surface area contributed by atoms with Crippen molar-refractivity contribution in [2.24, 2.45) is 5.73 Å². The first-order valence-electron chi connectivity index (χ1n) is 4.10. The average Bonchev–Trinajstić information content (AvgIpc) is 1.84. The van der Waals surface area contributed by atoms with Crippen LogP contribution in [-0.2, 0) is 9.59 Å². The van der Waals surface area contributed by atoms with Crippen molar-refractivity contribution in [3.8, 4) is 0 Å². The zero-order valence-electron chi connectivity index (χ0n) is 7.59. The number of amides is 2. The highest BCUT2D eigenvalue weighted by Gasteiger charge is 2.03. The van der Waals surface area contributed by atoms with E-state index in [4.69, 9.17) is 5.73 Å². The molecule has 0 saturated heterocycles. The van der Waals surface area contributed by atoms with Crippen LogP contribution >= 0.6 is 0 Å². The van der Waals surface area contributed by atoms with E-state index in [-0.39, 0.29) is 24.3 Å². The number of nitrogens with two attached hydrogens (primary N) is 1. The molecule has 4 nitrogen and oxygen atoms in total. The maximum absolute atomic E-state index is 11.0. The van der Waals surface area contributed by atoms with E-state index in [1.807, 2.05) is 13.8 Å². The minimum absolute atomic E-state index is 0.0220. The number of carbonyl (C=O) groups excluding carboxylic acids is 2. The Labute approximate surface area is 72.5 Å². The minimum Gasteiger partial charge on any atom is -0.370 e. The highest BCUT2D eigenvalue weighted by molar-refractivity contribution is 5.78. The van der Waals surface area contributed by atoms with Crippen LogP contribution in [0.4, 0.5) is 0 Å². The lowest BCUT2D eigenvalue weighted by Crippen LogP contribution is -2.30. The molecule has 0 fully saturated rings. The molecule has 70 valence electrons. The molecule has 2 amide bonds. The summed E-state index contributed by atoms with van der Waals surface area (Å²) in [6, 6.07) is 0.158. The molecular weight excluding hydrogens is 156 g/mol. The van der Waals surface area contributed by atoms with Gasteiger partial charge in [-0.1, -0.05) is 0 Å². The molecular formula is C8H16N2O2. The van der Waals surface area contributed by atoms with E-state index in [9.17, 15) is 9.59 Å². The molecule has 0 aromatic rings. The molecule has 0 atom stereocenters. The van der Waals surface area contributed by atoms with Gasteiger partial charge in [-0.2, -0.15) is 0 Å². The van der Waals surface area contributed by atoms with Crippen LogP contribution in [0.2, 0.25) is 0 Å². The van der Waals surface area contributed by atoms with Crippen molar-refractivity contribution in [3.63, 3.8) is 0 Å². The first kappa shape index (κ1) is 10.9. The second-order valence-corrected chi connectivity index (χ2v) is 3.04. The summed E-state index contributed by atoms with van der Waals surface area (Å²) in [6.07, 6.45) is 1.19. The van der Waals surface area contributed by atoms with Crippen molar-refractivity contribution in [3.05, 3.63) is 0 Å². The third kappa shape index (κ3) is 7.05. The summed E-state index contributed by atoms with van der Waals surface area (Å²) >= 11 is 0. The summed E-state index contributed by atoms with van der Waals surface area (Å²) < 4.78 is 0. The number of primary amides is 1. The molecule has 0 aliphatic heterocycles. The Kier molecular flexibility index (Phi) is 5.08. The second kappa shape index (κ2) is 5.57. The molecule has 0 aliphatic carbocycles. The standard InChI is InChI=1S/C8H16N2O2/c1-6(2)10-8(12)5-3-4-7(9)11/h6H,3-5H2,1-2H3,(H2,9,11)(H,10,12). The first-order valence-corrected chi connectivity index (χ1v) is 4.10. The molecule has 0 unspecified atom stereocenters.